The van der Waals surface area contributed by atoms with E-state index in [9.17, 15) is 79.2 Å². The third-order valence-electron chi connectivity index (χ3n) is 15.7. The molecular formula is C66H88N6NaO20S2+. The Bertz CT molecular complexity index is 2870. The van der Waals surface area contributed by atoms with Crippen LogP contribution in [0, 0.1) is 0 Å². The number of nitrogens with one attached hydrogen (secondary N) is 6. The van der Waals surface area contributed by atoms with E-state index in [1.54, 1.807) is 48.5 Å². The van der Waals surface area contributed by atoms with E-state index in [2.05, 4.69) is 31.9 Å². The Morgan fingerprint density at radius 3 is 1.18 bits per heavy atom. The number of carboxylic acids is 2. The van der Waals surface area contributed by atoms with Gasteiger partial charge in [-0.1, -0.05) is 97.8 Å². The Hall–Kier alpha value is -6.06. The first-order valence-electron chi connectivity index (χ1n) is 31.3. The molecule has 514 valence electrons. The molecule has 4 aromatic rings. The fraction of sp³-hybridized carbons (Fsp3) is 0.515. The van der Waals surface area contributed by atoms with Gasteiger partial charge in [0.25, 0.3) is 23.4 Å². The molecule has 26 nitrogen and oxygen atoms in total. The number of rotatable bonds is 39. The Morgan fingerprint density at radius 1 is 0.495 bits per heavy atom. The minimum atomic E-state index is -2.46. The Labute approximate surface area is 582 Å². The van der Waals surface area contributed by atoms with E-state index in [0.29, 0.717) is 48.9 Å². The van der Waals surface area contributed by atoms with Crippen LogP contribution in [-0.2, 0) is 47.7 Å². The molecule has 2 unspecified atom stereocenters. The smallest absolute Gasteiger partial charge is 0.477 e. The first-order chi connectivity index (χ1) is 45.0. The topological polar surface area (TPSA) is 408 Å². The summed E-state index contributed by atoms with van der Waals surface area (Å²) >= 11 is 2.88. The molecule has 2 heterocycles. The standard InChI is InChI=1S/C66H88N6O20S2.Na/c1-41(73)71-55-49(75)37-65(63(85)86,91-59(55)57(81)51(77)39-69-61(83)47-23-19-45(20-24-47)43-15-7-5-8-16-43)89-31-13-33-93-35-27-53(79)67-29-11-3-4-12-30-68-54(80)28-36-94-34-14-32-90-66(64(87)88)38-50(76)56(72-42(2)74)60(92-66)58(82)52(78)40-70-62(84)48-25-21-46(22-26-48)44-17-9-6-10-18-44;/h5-10,15-26,49-52,55-60,75-78,81-82H,3-4,11-14,27-40H2,1-2H3,(H,67,79)(H,68,80)(H,69,83)(H,70,84)(H,71,73)(H,72,74)(H,85,86)(H,87,88);/q;+1/t49-,50-,51+,52+,55+,56+,57?,58?,59+,60+,65+,66+;/m0./s1. The fourth-order valence-corrected chi connectivity index (χ4v) is 12.3. The predicted octanol–water partition coefficient (Wildman–Crippen LogP) is -0.648. The van der Waals surface area contributed by atoms with E-state index >= 15 is 0 Å². The summed E-state index contributed by atoms with van der Waals surface area (Å²) in [4.78, 5) is 101. The van der Waals surface area contributed by atoms with Gasteiger partial charge in [0.1, 0.15) is 24.4 Å². The number of carboxylic acid groups (broad SMARTS) is 2. The molecule has 6 rings (SSSR count). The molecule has 0 radical (unpaired) electrons. The molecule has 6 amide bonds. The molecule has 4 aromatic carbocycles. The summed E-state index contributed by atoms with van der Waals surface area (Å²) in [7, 11) is 0. The maximum atomic E-state index is 13.0. The van der Waals surface area contributed by atoms with Gasteiger partial charge in [0.2, 0.25) is 23.6 Å². The molecule has 12 atom stereocenters. The van der Waals surface area contributed by atoms with E-state index in [1.165, 1.54) is 23.5 Å². The molecule has 2 saturated heterocycles. The molecular weight excluding hydrogens is 1280 g/mol. The van der Waals surface area contributed by atoms with Gasteiger partial charge in [0.05, 0.1) is 49.7 Å². The third kappa shape index (κ3) is 25.1. The number of aliphatic hydroxyl groups excluding tert-OH is 6. The van der Waals surface area contributed by atoms with Crippen molar-refractivity contribution in [2.75, 3.05) is 62.4 Å². The number of amides is 6. The first-order valence-corrected chi connectivity index (χ1v) is 33.6. The summed E-state index contributed by atoms with van der Waals surface area (Å²) in [5, 5.41) is 103. The second kappa shape index (κ2) is 40.6. The SMILES string of the molecule is CC(=O)N[C@@H]1[C@@H](O)C[C@](OCCCSCCC(=O)NCCCCCCNC(=O)CCSCCCO[C@]2(C(=O)O)C[C@H](O)[C@@H](NC(C)=O)[C@H](C(O)[C@H](O)CNC(=O)c3ccc(-c4ccccc4)cc3)O2)(C(=O)O)O[C@H]1C(O)[C@H](O)CNC(=O)c1ccc(-c2ccccc2)cc1.[Na+]. The zero-order valence-corrected chi connectivity index (χ0v) is 57.2. The zero-order valence-electron chi connectivity index (χ0n) is 53.6. The number of thioether (sulfide) groups is 2. The van der Waals surface area contributed by atoms with Gasteiger partial charge in [-0.15, -0.1) is 0 Å². The van der Waals surface area contributed by atoms with Crippen molar-refractivity contribution >= 4 is 70.9 Å². The number of aliphatic hydroxyl groups is 6. The summed E-state index contributed by atoms with van der Waals surface area (Å²) in [5.41, 5.74) is 4.21. The number of ether oxygens (including phenoxy) is 4. The normalized spacial score (nSPS) is 22.1. The maximum Gasteiger partial charge on any atom is 1.00 e. The largest absolute Gasteiger partial charge is 1.00 e. The number of carbonyl (C=O) groups is 8. The van der Waals surface area contributed by atoms with Gasteiger partial charge in [-0.05, 0) is 83.7 Å². The van der Waals surface area contributed by atoms with Crippen molar-refractivity contribution in [3.8, 4) is 22.3 Å². The van der Waals surface area contributed by atoms with Crippen molar-refractivity contribution in [3.63, 3.8) is 0 Å². The molecule has 95 heavy (non-hydrogen) atoms. The van der Waals surface area contributed by atoms with Crippen molar-refractivity contribution < 1.29 is 128 Å². The van der Waals surface area contributed by atoms with Crippen molar-refractivity contribution in [3.05, 3.63) is 120 Å². The average Bonchev–Trinajstić information content (AvgIpc) is 0.779. The maximum absolute atomic E-state index is 13.0. The van der Waals surface area contributed by atoms with Crippen molar-refractivity contribution in [2.24, 2.45) is 0 Å². The van der Waals surface area contributed by atoms with Gasteiger partial charge >= 0.3 is 41.5 Å². The fourth-order valence-electron chi connectivity index (χ4n) is 10.6. The Balaban J connectivity index is 0.0000163. The number of carbonyl (C=O) groups excluding carboxylic acids is 6. The molecule has 0 saturated carbocycles. The number of hydrogen-bond donors (Lipinski definition) is 14. The van der Waals surface area contributed by atoms with Crippen LogP contribution in [0.1, 0.15) is 98.8 Å². The first kappa shape index (κ1) is 79.6. The molecule has 0 bridgehead atoms. The average molecular weight is 1370 g/mol. The summed E-state index contributed by atoms with van der Waals surface area (Å²) in [5.74, 6) is -8.91. The van der Waals surface area contributed by atoms with E-state index in [-0.39, 0.29) is 78.6 Å². The molecule has 2 fully saturated rings. The van der Waals surface area contributed by atoms with Crippen LogP contribution in [-0.4, -0.2) is 223 Å². The molecule has 2 aliphatic heterocycles. The second-order valence-electron chi connectivity index (χ2n) is 22.9. The van der Waals surface area contributed by atoms with Crippen LogP contribution >= 0.6 is 23.5 Å². The van der Waals surface area contributed by atoms with E-state index in [4.69, 9.17) is 18.9 Å². The number of benzene rings is 4. The summed E-state index contributed by atoms with van der Waals surface area (Å²) < 4.78 is 23.1. The van der Waals surface area contributed by atoms with Gasteiger partial charge in [-0.2, -0.15) is 23.5 Å². The van der Waals surface area contributed by atoms with Crippen LogP contribution < -0.4 is 61.5 Å². The quantitative estimate of drug-likeness (QED) is 0.0195. The summed E-state index contributed by atoms with van der Waals surface area (Å²) in [6, 6.07) is 29.8. The van der Waals surface area contributed by atoms with Gasteiger partial charge in [-0.25, -0.2) is 9.59 Å². The van der Waals surface area contributed by atoms with Crippen LogP contribution in [0.3, 0.4) is 0 Å². The molecule has 0 aromatic heterocycles. The molecule has 0 spiro atoms. The van der Waals surface area contributed by atoms with Crippen LogP contribution in [0.25, 0.3) is 22.3 Å². The molecule has 14 N–H and O–H groups in total. The second-order valence-corrected chi connectivity index (χ2v) is 25.4. The number of unbranched alkanes of at least 4 members (excludes halogenated alkanes) is 3. The van der Waals surface area contributed by atoms with Crippen molar-refractivity contribution in [1.82, 2.24) is 31.9 Å². The number of hydrogen-bond acceptors (Lipinski definition) is 20. The minimum Gasteiger partial charge on any atom is -0.477 e. The van der Waals surface area contributed by atoms with Crippen LogP contribution in [0.2, 0.25) is 0 Å². The molecule has 29 heteroatoms. The minimum absolute atomic E-state index is 0. The Morgan fingerprint density at radius 2 is 0.842 bits per heavy atom. The summed E-state index contributed by atoms with van der Waals surface area (Å²) in [6.07, 6.45) is -10.9. The van der Waals surface area contributed by atoms with E-state index in [0.717, 1.165) is 61.8 Å². The van der Waals surface area contributed by atoms with Gasteiger partial charge < -0.3 is 91.7 Å². The molecule has 0 aliphatic carbocycles. The van der Waals surface area contributed by atoms with Gasteiger partial charge in [0, 0.05) is 88.3 Å². The van der Waals surface area contributed by atoms with Crippen LogP contribution in [0.5, 0.6) is 0 Å². The van der Waals surface area contributed by atoms with Crippen LogP contribution in [0.4, 0.5) is 0 Å². The molecule has 2 aliphatic rings. The number of aliphatic carboxylic acids is 2. The van der Waals surface area contributed by atoms with Gasteiger partial charge in [-0.3, -0.25) is 28.8 Å². The predicted molar refractivity (Wildman–Crippen MR) is 349 cm³/mol. The summed E-state index contributed by atoms with van der Waals surface area (Å²) in [6.45, 7) is 1.95. The van der Waals surface area contributed by atoms with Crippen molar-refractivity contribution in [1.29, 1.82) is 0 Å². The third-order valence-corrected chi connectivity index (χ3v) is 17.8. The monoisotopic (exact) mass is 1370 g/mol. The van der Waals surface area contributed by atoms with Gasteiger partial charge in [0.15, 0.2) is 0 Å². The van der Waals surface area contributed by atoms with Crippen molar-refractivity contribution in [2.45, 2.75) is 151 Å². The Kier molecular flexibility index (Phi) is 34.0. The van der Waals surface area contributed by atoms with Crippen LogP contribution in [0.15, 0.2) is 109 Å². The van der Waals surface area contributed by atoms with E-state index in [1.807, 2.05) is 60.7 Å². The zero-order chi connectivity index (χ0) is 68.2. The van der Waals surface area contributed by atoms with E-state index < -0.39 is 134 Å².